The van der Waals surface area contributed by atoms with Gasteiger partial charge in [0, 0.05) is 5.69 Å². The highest BCUT2D eigenvalue weighted by atomic mass is 19.1. The van der Waals surface area contributed by atoms with E-state index in [1.54, 1.807) is 20.8 Å². The van der Waals surface area contributed by atoms with Crippen molar-refractivity contribution >= 4 is 17.6 Å². The number of anilines is 1. The van der Waals surface area contributed by atoms with Crippen LogP contribution in [-0.2, 0) is 9.53 Å². The van der Waals surface area contributed by atoms with Crippen LogP contribution in [0.1, 0.15) is 38.1 Å². The highest BCUT2D eigenvalue weighted by Gasteiger charge is 2.24. The Balaban J connectivity index is 2.75. The maximum Gasteiger partial charge on any atom is 0.328 e. The second-order valence-corrected chi connectivity index (χ2v) is 5.46. The van der Waals surface area contributed by atoms with Crippen molar-refractivity contribution in [2.24, 2.45) is 0 Å². The molecule has 0 saturated carbocycles. The van der Waals surface area contributed by atoms with Crippen LogP contribution in [0.15, 0.2) is 18.2 Å². The summed E-state index contributed by atoms with van der Waals surface area (Å²) in [5.41, 5.74) is 5.08. The second kappa shape index (κ2) is 5.90. The van der Waals surface area contributed by atoms with Crippen LogP contribution in [-0.4, -0.2) is 23.5 Å². The minimum absolute atomic E-state index is 0.0135. The van der Waals surface area contributed by atoms with Gasteiger partial charge in [-0.2, -0.15) is 0 Å². The number of hydrogen-bond acceptors (Lipinski definition) is 4. The molecule has 0 aromatic heterocycles. The molecule has 0 fully saturated rings. The molecule has 0 radical (unpaired) electrons. The number of ether oxygens (including phenoxy) is 1. The van der Waals surface area contributed by atoms with Crippen LogP contribution in [0.25, 0.3) is 0 Å². The predicted octanol–water partition coefficient (Wildman–Crippen LogP) is 1.87. The molecule has 1 aromatic rings. The number of benzene rings is 1. The Bertz CT molecular complexity index is 524. The molecule has 0 bridgehead atoms. The second-order valence-electron chi connectivity index (χ2n) is 5.46. The lowest BCUT2D eigenvalue weighted by atomic mass is 10.1. The quantitative estimate of drug-likeness (QED) is 0.655. The van der Waals surface area contributed by atoms with Gasteiger partial charge >= 0.3 is 5.97 Å². The van der Waals surface area contributed by atoms with Crippen molar-refractivity contribution < 1.29 is 18.7 Å². The minimum Gasteiger partial charge on any atom is -0.458 e. The molecular weight excluding hydrogens is 263 g/mol. The molecule has 0 spiro atoms. The van der Waals surface area contributed by atoms with Crippen LogP contribution in [0.2, 0.25) is 0 Å². The molecule has 3 N–H and O–H groups in total. The van der Waals surface area contributed by atoms with Gasteiger partial charge in [-0.15, -0.1) is 0 Å². The number of nitrogen functional groups attached to an aromatic ring is 1. The highest BCUT2D eigenvalue weighted by Crippen LogP contribution is 2.14. The lowest BCUT2D eigenvalue weighted by Crippen LogP contribution is -2.42. The van der Waals surface area contributed by atoms with Gasteiger partial charge in [0.2, 0.25) is 0 Å². The number of halogens is 1. The summed E-state index contributed by atoms with van der Waals surface area (Å²) in [6, 6.07) is 2.61. The van der Waals surface area contributed by atoms with Crippen molar-refractivity contribution in [3.63, 3.8) is 0 Å². The summed E-state index contributed by atoms with van der Waals surface area (Å²) in [6.07, 6.45) is 0. The lowest BCUT2D eigenvalue weighted by molar-refractivity contribution is -0.156. The van der Waals surface area contributed by atoms with Gasteiger partial charge in [0.25, 0.3) is 5.91 Å². The van der Waals surface area contributed by atoms with E-state index in [2.05, 4.69) is 5.32 Å². The minimum atomic E-state index is -0.857. The summed E-state index contributed by atoms with van der Waals surface area (Å²) in [4.78, 5) is 23.7. The standard InChI is InChI=1S/C14H19FN2O3/c1-8(13(19)20-14(2,3)4)17-12(18)10-7-9(15)5-6-11(10)16/h5-8H,16H2,1-4H3,(H,17,18)/t8-/m1/s1. The number of nitrogens with one attached hydrogen (secondary N) is 1. The van der Waals surface area contributed by atoms with E-state index in [-0.39, 0.29) is 11.3 Å². The van der Waals surface area contributed by atoms with E-state index >= 15 is 0 Å². The SMILES string of the molecule is C[C@@H](NC(=O)c1cc(F)ccc1N)C(=O)OC(C)(C)C. The lowest BCUT2D eigenvalue weighted by Gasteiger charge is -2.22. The smallest absolute Gasteiger partial charge is 0.328 e. The van der Waals surface area contributed by atoms with Crippen LogP contribution in [0.5, 0.6) is 0 Å². The van der Waals surface area contributed by atoms with E-state index in [1.807, 2.05) is 0 Å². The fourth-order valence-electron chi connectivity index (χ4n) is 1.45. The van der Waals surface area contributed by atoms with E-state index in [0.29, 0.717) is 0 Å². The van der Waals surface area contributed by atoms with Crippen LogP contribution < -0.4 is 11.1 Å². The molecule has 0 heterocycles. The fourth-order valence-corrected chi connectivity index (χ4v) is 1.45. The van der Waals surface area contributed by atoms with Gasteiger partial charge < -0.3 is 15.8 Å². The average Bonchev–Trinajstić information content (AvgIpc) is 2.29. The van der Waals surface area contributed by atoms with Gasteiger partial charge in [-0.25, -0.2) is 9.18 Å². The first-order chi connectivity index (χ1) is 9.10. The third kappa shape index (κ3) is 4.53. The first-order valence-electron chi connectivity index (χ1n) is 6.19. The number of esters is 1. The first kappa shape index (κ1) is 15.9. The molecule has 1 amide bonds. The van der Waals surface area contributed by atoms with Gasteiger partial charge in [-0.3, -0.25) is 4.79 Å². The summed E-state index contributed by atoms with van der Waals surface area (Å²) >= 11 is 0. The van der Waals surface area contributed by atoms with E-state index in [9.17, 15) is 14.0 Å². The molecule has 0 aliphatic rings. The van der Waals surface area contributed by atoms with Crippen molar-refractivity contribution in [1.82, 2.24) is 5.32 Å². The van der Waals surface area contributed by atoms with E-state index in [1.165, 1.54) is 13.0 Å². The van der Waals surface area contributed by atoms with Crippen molar-refractivity contribution in [2.75, 3.05) is 5.73 Å². The third-order valence-corrected chi connectivity index (χ3v) is 2.37. The zero-order chi connectivity index (χ0) is 15.5. The van der Waals surface area contributed by atoms with Crippen molar-refractivity contribution in [2.45, 2.75) is 39.3 Å². The Hall–Kier alpha value is -2.11. The Morgan fingerprint density at radius 3 is 2.50 bits per heavy atom. The average molecular weight is 282 g/mol. The van der Waals surface area contributed by atoms with Crippen molar-refractivity contribution in [3.05, 3.63) is 29.6 Å². The Labute approximate surface area is 117 Å². The normalized spacial score (nSPS) is 12.7. The van der Waals surface area contributed by atoms with Crippen molar-refractivity contribution in [1.29, 1.82) is 0 Å². The number of nitrogens with two attached hydrogens (primary N) is 1. The number of carbonyl (C=O) groups is 2. The van der Waals surface area contributed by atoms with E-state index in [0.717, 1.165) is 12.1 Å². The molecule has 1 aromatic carbocycles. The van der Waals surface area contributed by atoms with Gasteiger partial charge in [-0.05, 0) is 45.9 Å². The summed E-state index contributed by atoms with van der Waals surface area (Å²) < 4.78 is 18.2. The molecule has 1 atom stereocenters. The highest BCUT2D eigenvalue weighted by molar-refractivity contribution is 6.00. The van der Waals surface area contributed by atoms with Crippen LogP contribution in [0.4, 0.5) is 10.1 Å². The largest absolute Gasteiger partial charge is 0.458 e. The van der Waals surface area contributed by atoms with Crippen molar-refractivity contribution in [3.8, 4) is 0 Å². The molecule has 6 heteroatoms. The summed E-state index contributed by atoms with van der Waals surface area (Å²) in [5.74, 6) is -1.77. The topological polar surface area (TPSA) is 81.4 Å². The van der Waals surface area contributed by atoms with Crippen LogP contribution in [0.3, 0.4) is 0 Å². The zero-order valence-electron chi connectivity index (χ0n) is 12.0. The first-order valence-corrected chi connectivity index (χ1v) is 6.19. The molecular formula is C14H19FN2O3. The maximum absolute atomic E-state index is 13.1. The van der Waals surface area contributed by atoms with Crippen LogP contribution >= 0.6 is 0 Å². The summed E-state index contributed by atoms with van der Waals surface area (Å²) in [6.45, 7) is 6.67. The number of carbonyl (C=O) groups excluding carboxylic acids is 2. The summed E-state index contributed by atoms with van der Waals surface area (Å²) in [7, 11) is 0. The Morgan fingerprint density at radius 1 is 1.35 bits per heavy atom. The molecule has 0 unspecified atom stereocenters. The van der Waals surface area contributed by atoms with Gasteiger partial charge in [0.05, 0.1) is 5.56 Å². The molecule has 0 saturated heterocycles. The van der Waals surface area contributed by atoms with E-state index in [4.69, 9.17) is 10.5 Å². The third-order valence-electron chi connectivity index (χ3n) is 2.37. The monoisotopic (exact) mass is 282 g/mol. The van der Waals surface area contributed by atoms with E-state index < -0.39 is 29.3 Å². The number of hydrogen-bond donors (Lipinski definition) is 2. The Kier molecular flexibility index (Phi) is 4.70. The maximum atomic E-state index is 13.1. The fraction of sp³-hybridized carbons (Fsp3) is 0.429. The Morgan fingerprint density at radius 2 is 1.95 bits per heavy atom. The molecule has 5 nitrogen and oxygen atoms in total. The van der Waals surface area contributed by atoms with Gasteiger partial charge in [0.1, 0.15) is 17.5 Å². The predicted molar refractivity (Wildman–Crippen MR) is 73.6 cm³/mol. The number of amides is 1. The number of rotatable bonds is 3. The molecule has 1 rings (SSSR count). The summed E-state index contributed by atoms with van der Waals surface area (Å²) in [5, 5.41) is 2.43. The molecule has 20 heavy (non-hydrogen) atoms. The zero-order valence-corrected chi connectivity index (χ0v) is 12.0. The van der Waals surface area contributed by atoms with Crippen LogP contribution in [0, 0.1) is 5.82 Å². The molecule has 0 aliphatic carbocycles. The molecule has 110 valence electrons. The van der Waals surface area contributed by atoms with Gasteiger partial charge in [0.15, 0.2) is 0 Å². The van der Waals surface area contributed by atoms with Gasteiger partial charge in [-0.1, -0.05) is 0 Å². The molecule has 0 aliphatic heterocycles.